The number of benzene rings is 2. The summed E-state index contributed by atoms with van der Waals surface area (Å²) in [5.41, 5.74) is 0.238. The van der Waals surface area contributed by atoms with E-state index in [1.54, 1.807) is 30.3 Å². The van der Waals surface area contributed by atoms with E-state index in [4.69, 9.17) is 4.74 Å². The van der Waals surface area contributed by atoms with Gasteiger partial charge in [0.1, 0.15) is 0 Å². The van der Waals surface area contributed by atoms with Gasteiger partial charge in [-0.05, 0) is 50.0 Å². The summed E-state index contributed by atoms with van der Waals surface area (Å²) in [4.78, 5) is 28.4. The normalized spacial score (nSPS) is 14.1. The lowest BCUT2D eigenvalue weighted by Crippen LogP contribution is -2.36. The summed E-state index contributed by atoms with van der Waals surface area (Å²) in [7, 11) is 3.80. The molecular formula is C24H30F3N5O3. The number of morpholine rings is 1. The Balaban J connectivity index is 1.62. The Hall–Kier alpha value is -3.31. The zero-order valence-electron chi connectivity index (χ0n) is 19.7. The summed E-state index contributed by atoms with van der Waals surface area (Å²) in [6, 6.07) is 9.75. The number of urea groups is 1. The monoisotopic (exact) mass is 493 g/mol. The average molecular weight is 494 g/mol. The zero-order valence-corrected chi connectivity index (χ0v) is 19.7. The van der Waals surface area contributed by atoms with Gasteiger partial charge in [0.05, 0.1) is 24.5 Å². The van der Waals surface area contributed by atoms with Crippen LogP contribution in [-0.2, 0) is 17.5 Å². The number of ether oxygens (including phenoxy) is 1. The van der Waals surface area contributed by atoms with Crippen molar-refractivity contribution >= 4 is 23.3 Å². The first-order chi connectivity index (χ1) is 16.6. The van der Waals surface area contributed by atoms with Crippen molar-refractivity contribution in [2.45, 2.75) is 12.7 Å². The number of rotatable bonds is 8. The first-order valence-electron chi connectivity index (χ1n) is 11.2. The van der Waals surface area contributed by atoms with Gasteiger partial charge in [-0.15, -0.1) is 0 Å². The van der Waals surface area contributed by atoms with E-state index in [0.717, 1.165) is 6.07 Å². The van der Waals surface area contributed by atoms with Crippen LogP contribution in [0, 0.1) is 0 Å². The second-order valence-electron chi connectivity index (χ2n) is 8.39. The molecule has 0 atom stereocenters. The molecule has 0 spiro atoms. The van der Waals surface area contributed by atoms with Crippen molar-refractivity contribution in [1.29, 1.82) is 0 Å². The molecule has 35 heavy (non-hydrogen) atoms. The van der Waals surface area contributed by atoms with Crippen molar-refractivity contribution in [3.63, 3.8) is 0 Å². The van der Waals surface area contributed by atoms with Gasteiger partial charge in [0.25, 0.3) is 5.91 Å². The van der Waals surface area contributed by atoms with E-state index < -0.39 is 17.8 Å². The van der Waals surface area contributed by atoms with Gasteiger partial charge >= 0.3 is 12.2 Å². The molecule has 0 unspecified atom stereocenters. The molecule has 3 rings (SSSR count). The zero-order chi connectivity index (χ0) is 25.4. The van der Waals surface area contributed by atoms with Gasteiger partial charge in [0, 0.05) is 44.0 Å². The minimum absolute atomic E-state index is 0.0395. The molecule has 1 fully saturated rings. The van der Waals surface area contributed by atoms with Gasteiger partial charge in [-0.1, -0.05) is 12.1 Å². The topological polar surface area (TPSA) is 85.9 Å². The van der Waals surface area contributed by atoms with Crippen LogP contribution in [0.4, 0.5) is 29.3 Å². The summed E-state index contributed by atoms with van der Waals surface area (Å²) in [6.45, 7) is 3.11. The summed E-state index contributed by atoms with van der Waals surface area (Å²) < 4.78 is 46.3. The first kappa shape index (κ1) is 26.3. The van der Waals surface area contributed by atoms with E-state index in [2.05, 4.69) is 16.0 Å². The maximum Gasteiger partial charge on any atom is 0.418 e. The van der Waals surface area contributed by atoms with Crippen LogP contribution in [0.3, 0.4) is 0 Å². The highest BCUT2D eigenvalue weighted by molar-refractivity contribution is 5.94. The predicted molar refractivity (Wildman–Crippen MR) is 128 cm³/mol. The minimum atomic E-state index is -4.64. The Morgan fingerprint density at radius 3 is 2.49 bits per heavy atom. The molecule has 1 aliphatic heterocycles. The van der Waals surface area contributed by atoms with Crippen molar-refractivity contribution < 1.29 is 27.5 Å². The number of alkyl halides is 3. The van der Waals surface area contributed by atoms with Crippen LogP contribution in [0.25, 0.3) is 0 Å². The van der Waals surface area contributed by atoms with E-state index in [0.29, 0.717) is 56.2 Å². The molecule has 0 saturated carbocycles. The molecule has 3 N–H and O–H groups in total. The molecule has 2 aromatic rings. The molecule has 1 saturated heterocycles. The van der Waals surface area contributed by atoms with Crippen LogP contribution in [0.15, 0.2) is 42.5 Å². The molecule has 0 radical (unpaired) electrons. The number of carbonyl (C=O) groups excluding carboxylic acids is 2. The lowest BCUT2D eigenvalue weighted by molar-refractivity contribution is -0.136. The molecule has 1 aliphatic rings. The van der Waals surface area contributed by atoms with Gasteiger partial charge in [0.2, 0.25) is 0 Å². The highest BCUT2D eigenvalue weighted by Crippen LogP contribution is 2.37. The number of carbonyl (C=O) groups is 2. The lowest BCUT2D eigenvalue weighted by Gasteiger charge is -2.29. The van der Waals surface area contributed by atoms with E-state index in [1.807, 2.05) is 23.9 Å². The van der Waals surface area contributed by atoms with Gasteiger partial charge in [-0.3, -0.25) is 4.79 Å². The molecule has 8 nitrogen and oxygen atoms in total. The third kappa shape index (κ3) is 7.86. The van der Waals surface area contributed by atoms with E-state index in [1.165, 1.54) is 6.07 Å². The Labute approximate surface area is 202 Å². The molecule has 1 heterocycles. The van der Waals surface area contributed by atoms with Crippen LogP contribution in [0.5, 0.6) is 0 Å². The first-order valence-corrected chi connectivity index (χ1v) is 11.2. The molecule has 0 bridgehead atoms. The van der Waals surface area contributed by atoms with Crippen LogP contribution in [0.1, 0.15) is 21.5 Å². The summed E-state index contributed by atoms with van der Waals surface area (Å²) >= 11 is 0. The molecule has 190 valence electrons. The number of amides is 3. The second-order valence-corrected chi connectivity index (χ2v) is 8.39. The van der Waals surface area contributed by atoms with E-state index in [9.17, 15) is 22.8 Å². The lowest BCUT2D eigenvalue weighted by atomic mass is 10.1. The fraction of sp³-hybridized carbons (Fsp3) is 0.417. The third-order valence-electron chi connectivity index (χ3n) is 5.42. The molecule has 2 aromatic carbocycles. The molecule has 0 aliphatic carbocycles. The largest absolute Gasteiger partial charge is 0.418 e. The quantitative estimate of drug-likeness (QED) is 0.526. The van der Waals surface area contributed by atoms with Gasteiger partial charge in [0.15, 0.2) is 0 Å². The van der Waals surface area contributed by atoms with Crippen molar-refractivity contribution in [2.75, 3.05) is 63.7 Å². The summed E-state index contributed by atoms with van der Waals surface area (Å²) in [5, 5.41) is 7.65. The Bertz CT molecular complexity index is 1020. The van der Waals surface area contributed by atoms with Crippen LogP contribution < -0.4 is 20.9 Å². The van der Waals surface area contributed by atoms with Crippen LogP contribution >= 0.6 is 0 Å². The Morgan fingerprint density at radius 2 is 1.80 bits per heavy atom. The predicted octanol–water partition coefficient (Wildman–Crippen LogP) is 3.16. The Kier molecular flexibility index (Phi) is 8.94. The van der Waals surface area contributed by atoms with Crippen molar-refractivity contribution in [3.05, 3.63) is 59.2 Å². The van der Waals surface area contributed by atoms with Crippen LogP contribution in [-0.4, -0.2) is 70.3 Å². The smallest absolute Gasteiger partial charge is 0.378 e. The number of hydrogen-bond donors (Lipinski definition) is 3. The Morgan fingerprint density at radius 1 is 1.06 bits per heavy atom. The standard InChI is InChI=1S/C24H30F3N5O3/c1-31(2)9-8-28-22(33)18-5-3-4-17(14-18)16-29-23(34)30-21-7-6-19(15-20(21)24(25,26)27)32-10-12-35-13-11-32/h3-7,14-15H,8-13,16H2,1-2H3,(H,28,33)(H2,29,30,34). The number of nitrogens with one attached hydrogen (secondary N) is 3. The fourth-order valence-electron chi connectivity index (χ4n) is 3.56. The highest BCUT2D eigenvalue weighted by atomic mass is 19.4. The third-order valence-corrected chi connectivity index (χ3v) is 5.42. The maximum absolute atomic E-state index is 13.7. The maximum atomic E-state index is 13.7. The fourth-order valence-corrected chi connectivity index (χ4v) is 3.56. The minimum Gasteiger partial charge on any atom is -0.378 e. The number of halogens is 3. The van der Waals surface area contributed by atoms with E-state index >= 15 is 0 Å². The molecule has 3 amide bonds. The average Bonchev–Trinajstić information content (AvgIpc) is 2.83. The molecule has 11 heteroatoms. The van der Waals surface area contributed by atoms with E-state index in [-0.39, 0.29) is 18.1 Å². The van der Waals surface area contributed by atoms with Crippen molar-refractivity contribution in [2.24, 2.45) is 0 Å². The number of anilines is 2. The highest BCUT2D eigenvalue weighted by Gasteiger charge is 2.35. The number of hydrogen-bond acceptors (Lipinski definition) is 5. The second kappa shape index (κ2) is 11.9. The van der Waals surface area contributed by atoms with Crippen molar-refractivity contribution in [1.82, 2.24) is 15.5 Å². The van der Waals surface area contributed by atoms with Gasteiger partial charge < -0.3 is 30.5 Å². The summed E-state index contributed by atoms with van der Waals surface area (Å²) in [5.74, 6) is -0.242. The van der Waals surface area contributed by atoms with Crippen LogP contribution in [0.2, 0.25) is 0 Å². The van der Waals surface area contributed by atoms with Gasteiger partial charge in [-0.2, -0.15) is 13.2 Å². The number of nitrogens with zero attached hydrogens (tertiary/aromatic N) is 2. The van der Waals surface area contributed by atoms with Gasteiger partial charge in [-0.25, -0.2) is 4.79 Å². The molecule has 0 aromatic heterocycles. The number of likely N-dealkylation sites (N-methyl/N-ethyl adjacent to an activating group) is 1. The SMILES string of the molecule is CN(C)CCNC(=O)c1cccc(CNC(=O)Nc2ccc(N3CCOCC3)cc2C(F)(F)F)c1. The van der Waals surface area contributed by atoms with Crippen molar-refractivity contribution in [3.8, 4) is 0 Å². The summed E-state index contributed by atoms with van der Waals surface area (Å²) in [6.07, 6.45) is -4.64. The molecular weight excluding hydrogens is 463 g/mol.